The van der Waals surface area contributed by atoms with Crippen LogP contribution in [-0.2, 0) is 0 Å². The molecule has 0 amide bonds. The Bertz CT molecular complexity index is 93.8. The van der Waals surface area contributed by atoms with E-state index in [1.54, 1.807) is 0 Å². The summed E-state index contributed by atoms with van der Waals surface area (Å²) in [4.78, 5) is 0. The van der Waals surface area contributed by atoms with Gasteiger partial charge in [-0.1, -0.05) is 40.0 Å². The minimum atomic E-state index is 0.801. The van der Waals surface area contributed by atoms with E-state index in [1.165, 1.54) is 25.7 Å². The molecule has 0 aliphatic carbocycles. The van der Waals surface area contributed by atoms with Crippen molar-refractivity contribution in [3.63, 3.8) is 0 Å². The second-order valence-electron chi connectivity index (χ2n) is 3.50. The van der Waals surface area contributed by atoms with Crippen LogP contribution < -0.4 is 5.84 Å². The summed E-state index contributed by atoms with van der Waals surface area (Å²) in [6.07, 6.45) is 5.23. The zero-order valence-corrected chi connectivity index (χ0v) is 8.84. The van der Waals surface area contributed by atoms with Gasteiger partial charge in [-0.15, -0.1) is 0 Å². The summed E-state index contributed by atoms with van der Waals surface area (Å²) in [5, 5.41) is 1.92. The topological polar surface area (TPSA) is 29.3 Å². The SMILES string of the molecule is CCCCC(CC)CN(N)CC. The first-order chi connectivity index (χ1) is 5.74. The predicted octanol–water partition coefficient (Wildman–Crippen LogP) is 2.40. The van der Waals surface area contributed by atoms with Crippen LogP contribution in [-0.4, -0.2) is 18.1 Å². The van der Waals surface area contributed by atoms with E-state index in [1.807, 2.05) is 5.01 Å². The molecule has 2 N–H and O–H groups in total. The normalized spacial score (nSPS) is 13.8. The van der Waals surface area contributed by atoms with E-state index in [-0.39, 0.29) is 0 Å². The van der Waals surface area contributed by atoms with Crippen LogP contribution in [0.4, 0.5) is 0 Å². The lowest BCUT2D eigenvalue weighted by Crippen LogP contribution is -2.35. The van der Waals surface area contributed by atoms with Crippen molar-refractivity contribution in [1.29, 1.82) is 0 Å². The molecule has 1 unspecified atom stereocenters. The second-order valence-corrected chi connectivity index (χ2v) is 3.50. The highest BCUT2D eigenvalue weighted by Crippen LogP contribution is 2.12. The molecule has 0 aromatic heterocycles. The summed E-state index contributed by atoms with van der Waals surface area (Å²) in [7, 11) is 0. The largest absolute Gasteiger partial charge is 0.269 e. The van der Waals surface area contributed by atoms with E-state index in [9.17, 15) is 0 Å². The van der Waals surface area contributed by atoms with E-state index in [0.717, 1.165) is 19.0 Å². The fourth-order valence-electron chi connectivity index (χ4n) is 1.38. The smallest absolute Gasteiger partial charge is 0.0156 e. The van der Waals surface area contributed by atoms with Crippen molar-refractivity contribution in [1.82, 2.24) is 5.01 Å². The summed E-state index contributed by atoms with van der Waals surface area (Å²) >= 11 is 0. The van der Waals surface area contributed by atoms with Gasteiger partial charge in [0.1, 0.15) is 0 Å². The third-order valence-corrected chi connectivity index (χ3v) is 2.44. The zero-order valence-electron chi connectivity index (χ0n) is 8.84. The van der Waals surface area contributed by atoms with Gasteiger partial charge < -0.3 is 0 Å². The number of hydrazine groups is 1. The molecule has 2 nitrogen and oxygen atoms in total. The Morgan fingerprint density at radius 2 is 1.92 bits per heavy atom. The van der Waals surface area contributed by atoms with Crippen LogP contribution in [0.1, 0.15) is 46.5 Å². The quantitative estimate of drug-likeness (QED) is 0.472. The number of nitrogens with two attached hydrogens (primary N) is 1. The molecule has 2 heteroatoms. The highest BCUT2D eigenvalue weighted by molar-refractivity contribution is 4.60. The molecule has 0 saturated heterocycles. The first kappa shape index (κ1) is 11.9. The van der Waals surface area contributed by atoms with Gasteiger partial charge in [0.2, 0.25) is 0 Å². The Hall–Kier alpha value is -0.0800. The van der Waals surface area contributed by atoms with Crippen molar-refractivity contribution >= 4 is 0 Å². The highest BCUT2D eigenvalue weighted by atomic mass is 15.4. The summed E-state index contributed by atoms with van der Waals surface area (Å²) in [5.74, 6) is 6.56. The van der Waals surface area contributed by atoms with E-state index < -0.39 is 0 Å². The van der Waals surface area contributed by atoms with Crippen molar-refractivity contribution in [2.75, 3.05) is 13.1 Å². The molecule has 0 heterocycles. The maximum Gasteiger partial charge on any atom is 0.0156 e. The first-order valence-electron chi connectivity index (χ1n) is 5.24. The van der Waals surface area contributed by atoms with Crippen LogP contribution in [0.15, 0.2) is 0 Å². The van der Waals surface area contributed by atoms with Crippen LogP contribution in [0, 0.1) is 5.92 Å². The number of hydrogen-bond acceptors (Lipinski definition) is 2. The van der Waals surface area contributed by atoms with Crippen molar-refractivity contribution in [3.05, 3.63) is 0 Å². The van der Waals surface area contributed by atoms with Crippen molar-refractivity contribution < 1.29 is 0 Å². The zero-order chi connectivity index (χ0) is 9.40. The Kier molecular flexibility index (Phi) is 7.51. The fourth-order valence-corrected chi connectivity index (χ4v) is 1.38. The van der Waals surface area contributed by atoms with Gasteiger partial charge in [-0.2, -0.15) is 0 Å². The first-order valence-corrected chi connectivity index (χ1v) is 5.24. The Morgan fingerprint density at radius 3 is 2.33 bits per heavy atom. The van der Waals surface area contributed by atoms with Crippen LogP contribution >= 0.6 is 0 Å². The summed E-state index contributed by atoms with van der Waals surface area (Å²) in [5.41, 5.74) is 0. The highest BCUT2D eigenvalue weighted by Gasteiger charge is 2.07. The molecule has 0 aromatic rings. The average Bonchev–Trinajstić information content (AvgIpc) is 2.11. The lowest BCUT2D eigenvalue weighted by atomic mass is 9.99. The maximum absolute atomic E-state index is 5.75. The van der Waals surface area contributed by atoms with Crippen molar-refractivity contribution in [3.8, 4) is 0 Å². The van der Waals surface area contributed by atoms with Crippen LogP contribution in [0.3, 0.4) is 0 Å². The van der Waals surface area contributed by atoms with Crippen molar-refractivity contribution in [2.45, 2.75) is 46.5 Å². The average molecular weight is 172 g/mol. The van der Waals surface area contributed by atoms with Gasteiger partial charge in [0.25, 0.3) is 0 Å². The number of nitrogens with zero attached hydrogens (tertiary/aromatic N) is 1. The maximum atomic E-state index is 5.75. The van der Waals surface area contributed by atoms with Crippen LogP contribution in [0.2, 0.25) is 0 Å². The third-order valence-electron chi connectivity index (χ3n) is 2.44. The predicted molar refractivity (Wildman–Crippen MR) is 54.7 cm³/mol. The Balaban J connectivity index is 3.51. The van der Waals surface area contributed by atoms with E-state index >= 15 is 0 Å². The molecule has 0 aromatic carbocycles. The molecule has 0 fully saturated rings. The molecule has 0 rings (SSSR count). The molecular weight excluding hydrogens is 148 g/mol. The molecular formula is C10H24N2. The van der Waals surface area contributed by atoms with Gasteiger partial charge in [-0.05, 0) is 12.3 Å². The van der Waals surface area contributed by atoms with Gasteiger partial charge in [0, 0.05) is 13.1 Å². The number of rotatable bonds is 7. The summed E-state index contributed by atoms with van der Waals surface area (Å²) < 4.78 is 0. The lowest BCUT2D eigenvalue weighted by Gasteiger charge is -2.21. The van der Waals surface area contributed by atoms with Gasteiger partial charge >= 0.3 is 0 Å². The fraction of sp³-hybridized carbons (Fsp3) is 1.00. The van der Waals surface area contributed by atoms with Gasteiger partial charge in [-0.3, -0.25) is 5.84 Å². The third kappa shape index (κ3) is 5.56. The number of hydrogen-bond donors (Lipinski definition) is 1. The molecule has 0 radical (unpaired) electrons. The Morgan fingerprint density at radius 1 is 1.25 bits per heavy atom. The van der Waals surface area contributed by atoms with Gasteiger partial charge in [-0.25, -0.2) is 5.01 Å². The van der Waals surface area contributed by atoms with Gasteiger partial charge in [0.15, 0.2) is 0 Å². The molecule has 0 aliphatic rings. The molecule has 0 aliphatic heterocycles. The minimum Gasteiger partial charge on any atom is -0.269 e. The van der Waals surface area contributed by atoms with E-state index in [4.69, 9.17) is 5.84 Å². The molecule has 0 spiro atoms. The van der Waals surface area contributed by atoms with Crippen molar-refractivity contribution in [2.24, 2.45) is 11.8 Å². The minimum absolute atomic E-state index is 0.801. The summed E-state index contributed by atoms with van der Waals surface area (Å²) in [6, 6.07) is 0. The second kappa shape index (κ2) is 7.56. The Labute approximate surface area is 77.1 Å². The molecule has 0 bridgehead atoms. The van der Waals surface area contributed by atoms with Crippen LogP contribution in [0.5, 0.6) is 0 Å². The van der Waals surface area contributed by atoms with Crippen LogP contribution in [0.25, 0.3) is 0 Å². The molecule has 0 saturated carbocycles. The molecule has 74 valence electrons. The van der Waals surface area contributed by atoms with E-state index in [2.05, 4.69) is 20.8 Å². The monoisotopic (exact) mass is 172 g/mol. The number of unbranched alkanes of at least 4 members (excludes halogenated alkanes) is 1. The lowest BCUT2D eigenvalue weighted by molar-refractivity contribution is 0.233. The van der Waals surface area contributed by atoms with E-state index in [0.29, 0.717) is 0 Å². The summed E-state index contributed by atoms with van der Waals surface area (Å²) in [6.45, 7) is 8.62. The molecule has 1 atom stereocenters. The standard InChI is InChI=1S/C10H24N2/c1-4-7-8-10(5-2)9-12(11)6-3/h10H,4-9,11H2,1-3H3. The van der Waals surface area contributed by atoms with Gasteiger partial charge in [0.05, 0.1) is 0 Å². The molecule has 12 heavy (non-hydrogen) atoms.